The minimum Gasteiger partial charge on any atom is -0.393 e. The molecule has 3 N–H and O–H groups in total. The molecule has 2 unspecified atom stereocenters. The Morgan fingerprint density at radius 1 is 1.08 bits per heavy atom. The summed E-state index contributed by atoms with van der Waals surface area (Å²) in [5, 5.41) is 10.5. The van der Waals surface area contributed by atoms with Crippen LogP contribution < -0.4 is 5.73 Å². The van der Waals surface area contributed by atoms with Gasteiger partial charge in [-0.1, -0.05) is 13.8 Å². The summed E-state index contributed by atoms with van der Waals surface area (Å²) in [6.45, 7) is 4.61. The van der Waals surface area contributed by atoms with Crippen LogP contribution >= 0.6 is 0 Å². The van der Waals surface area contributed by atoms with E-state index in [-0.39, 0.29) is 22.7 Å². The van der Waals surface area contributed by atoms with Crippen LogP contribution in [-0.2, 0) is 9.59 Å². The first-order chi connectivity index (χ1) is 11.3. The molecule has 0 saturated heterocycles. The molecule has 1 amide bonds. The van der Waals surface area contributed by atoms with Crippen molar-refractivity contribution in [3.8, 4) is 0 Å². The van der Waals surface area contributed by atoms with Crippen molar-refractivity contribution in [2.24, 2.45) is 46.2 Å². The first kappa shape index (κ1) is 16.6. The molecule has 8 atom stereocenters. The van der Waals surface area contributed by atoms with Gasteiger partial charge < -0.3 is 10.8 Å². The van der Waals surface area contributed by atoms with Gasteiger partial charge in [0.15, 0.2) is 0 Å². The molecule has 4 rings (SSSR count). The molecule has 4 fully saturated rings. The van der Waals surface area contributed by atoms with Crippen molar-refractivity contribution in [1.82, 2.24) is 0 Å². The van der Waals surface area contributed by atoms with E-state index in [0.717, 1.165) is 32.1 Å². The van der Waals surface area contributed by atoms with Crippen molar-refractivity contribution in [2.45, 2.75) is 71.3 Å². The molecule has 4 saturated carbocycles. The molecule has 4 heteroatoms. The number of carbonyl (C=O) groups is 2. The maximum atomic E-state index is 12.3. The van der Waals surface area contributed by atoms with Gasteiger partial charge in [0.05, 0.1) is 12.0 Å². The van der Waals surface area contributed by atoms with Crippen LogP contribution in [0, 0.1) is 40.4 Å². The van der Waals surface area contributed by atoms with Crippen LogP contribution in [0.15, 0.2) is 0 Å². The smallest absolute Gasteiger partial charge is 0.228 e. The lowest BCUT2D eigenvalue weighted by molar-refractivity contribution is -0.154. The molecule has 4 aliphatic rings. The van der Waals surface area contributed by atoms with E-state index < -0.39 is 11.8 Å². The van der Waals surface area contributed by atoms with Crippen molar-refractivity contribution in [3.63, 3.8) is 0 Å². The van der Waals surface area contributed by atoms with Crippen molar-refractivity contribution < 1.29 is 14.7 Å². The number of Topliss-reactive ketones (excluding diaryl/α,β-unsaturated/α-hetero) is 1. The molecule has 4 nitrogen and oxygen atoms in total. The van der Waals surface area contributed by atoms with E-state index in [0.29, 0.717) is 36.5 Å². The molecular formula is C20H31NO3. The third-order valence-electron chi connectivity index (χ3n) is 8.84. The van der Waals surface area contributed by atoms with Gasteiger partial charge in [-0.15, -0.1) is 0 Å². The van der Waals surface area contributed by atoms with Gasteiger partial charge in [-0.2, -0.15) is 0 Å². The monoisotopic (exact) mass is 333 g/mol. The van der Waals surface area contributed by atoms with Gasteiger partial charge in [0.2, 0.25) is 5.91 Å². The number of ketones is 1. The maximum Gasteiger partial charge on any atom is 0.228 e. The Morgan fingerprint density at radius 3 is 2.50 bits per heavy atom. The van der Waals surface area contributed by atoms with Gasteiger partial charge in [0, 0.05) is 6.42 Å². The predicted molar refractivity (Wildman–Crippen MR) is 90.8 cm³/mol. The summed E-state index contributed by atoms with van der Waals surface area (Å²) in [5.41, 5.74) is 5.68. The Labute approximate surface area is 144 Å². The van der Waals surface area contributed by atoms with Gasteiger partial charge >= 0.3 is 0 Å². The fourth-order valence-corrected chi connectivity index (χ4v) is 7.36. The third-order valence-corrected chi connectivity index (χ3v) is 8.84. The zero-order valence-electron chi connectivity index (χ0n) is 15.0. The van der Waals surface area contributed by atoms with Crippen LogP contribution in [0.5, 0.6) is 0 Å². The van der Waals surface area contributed by atoms with Crippen molar-refractivity contribution in [3.05, 3.63) is 0 Å². The van der Waals surface area contributed by atoms with Crippen LogP contribution in [0.1, 0.15) is 65.2 Å². The number of amides is 1. The molecule has 0 aromatic rings. The van der Waals surface area contributed by atoms with Crippen LogP contribution in [-0.4, -0.2) is 22.9 Å². The zero-order valence-corrected chi connectivity index (χ0v) is 15.0. The first-order valence-corrected chi connectivity index (χ1v) is 9.77. The van der Waals surface area contributed by atoms with Crippen LogP contribution in [0.25, 0.3) is 0 Å². The lowest BCUT2D eigenvalue weighted by atomic mass is 9.44. The largest absolute Gasteiger partial charge is 0.393 e. The molecule has 0 radical (unpaired) electrons. The Hall–Kier alpha value is -0.900. The van der Waals surface area contributed by atoms with Crippen molar-refractivity contribution in [2.75, 3.05) is 0 Å². The second-order valence-electron chi connectivity index (χ2n) is 9.62. The van der Waals surface area contributed by atoms with E-state index in [2.05, 4.69) is 13.8 Å². The van der Waals surface area contributed by atoms with E-state index in [1.807, 2.05) is 0 Å². The van der Waals surface area contributed by atoms with E-state index in [9.17, 15) is 14.7 Å². The van der Waals surface area contributed by atoms with Crippen LogP contribution in [0.4, 0.5) is 0 Å². The standard InChI is InChI=1S/C20H31NO3/c1-19-8-7-15-12(14(19)5-6-17(19)23)4-3-11-9-16(22)13(18(21)24)10-20(11,15)2/h11-15,17,23H,3-10H2,1-2H3,(H2,21,24)/t11?,12-,13?,14-,15-,17-,19-,20-/m0/s1. The van der Waals surface area contributed by atoms with E-state index in [1.165, 1.54) is 6.42 Å². The highest BCUT2D eigenvalue weighted by Gasteiger charge is 2.61. The highest BCUT2D eigenvalue weighted by atomic mass is 16.3. The van der Waals surface area contributed by atoms with E-state index in [4.69, 9.17) is 5.73 Å². The summed E-state index contributed by atoms with van der Waals surface area (Å²) < 4.78 is 0. The van der Waals surface area contributed by atoms with E-state index in [1.54, 1.807) is 0 Å². The summed E-state index contributed by atoms with van der Waals surface area (Å²) in [6, 6.07) is 0. The molecule has 0 aromatic carbocycles. The Kier molecular flexibility index (Phi) is 3.66. The number of hydrogen-bond donors (Lipinski definition) is 2. The molecule has 4 aliphatic carbocycles. The maximum absolute atomic E-state index is 12.3. The Balaban J connectivity index is 1.65. The molecule has 0 spiro atoms. The third kappa shape index (κ3) is 2.07. The van der Waals surface area contributed by atoms with Gasteiger partial charge in [0.25, 0.3) is 0 Å². The van der Waals surface area contributed by atoms with Crippen molar-refractivity contribution in [1.29, 1.82) is 0 Å². The van der Waals surface area contributed by atoms with Crippen molar-refractivity contribution >= 4 is 11.7 Å². The zero-order chi connectivity index (χ0) is 17.3. The number of primary amides is 1. The van der Waals surface area contributed by atoms with Crippen LogP contribution in [0.2, 0.25) is 0 Å². The normalized spacial score (nSPS) is 53.9. The Morgan fingerprint density at radius 2 is 1.79 bits per heavy atom. The number of aliphatic hydroxyl groups is 1. The number of hydrogen-bond acceptors (Lipinski definition) is 3. The highest BCUT2D eigenvalue weighted by Crippen LogP contribution is 2.66. The summed E-state index contributed by atoms with van der Waals surface area (Å²) in [6.07, 6.45) is 7.60. The molecule has 0 aromatic heterocycles. The summed E-state index contributed by atoms with van der Waals surface area (Å²) in [5.74, 6) is 1.30. The predicted octanol–water partition coefficient (Wildman–Crippen LogP) is 2.67. The summed E-state index contributed by atoms with van der Waals surface area (Å²) in [4.78, 5) is 24.1. The summed E-state index contributed by atoms with van der Waals surface area (Å²) >= 11 is 0. The fourth-order valence-electron chi connectivity index (χ4n) is 7.36. The molecule has 0 heterocycles. The number of carbonyl (C=O) groups excluding carboxylic acids is 2. The molecule has 24 heavy (non-hydrogen) atoms. The average Bonchev–Trinajstić information content (AvgIpc) is 2.83. The molecule has 134 valence electrons. The lowest BCUT2D eigenvalue weighted by Crippen LogP contribution is -2.56. The summed E-state index contributed by atoms with van der Waals surface area (Å²) in [7, 11) is 0. The highest BCUT2D eigenvalue weighted by molar-refractivity contribution is 6.01. The fraction of sp³-hybridized carbons (Fsp3) is 0.900. The SMILES string of the molecule is C[C@]12CC[C@H]3[C@@H](CCC4CC(=O)C(C(N)=O)C[C@@]43C)[C@@H]1CC[C@@H]2O. The van der Waals surface area contributed by atoms with E-state index >= 15 is 0 Å². The molecule has 0 bridgehead atoms. The van der Waals surface area contributed by atoms with Crippen LogP contribution in [0.3, 0.4) is 0 Å². The number of aliphatic hydroxyl groups excluding tert-OH is 1. The number of rotatable bonds is 1. The quantitative estimate of drug-likeness (QED) is 0.724. The molecular weight excluding hydrogens is 302 g/mol. The van der Waals surface area contributed by atoms with Gasteiger partial charge in [0.1, 0.15) is 5.78 Å². The topological polar surface area (TPSA) is 80.4 Å². The minimum atomic E-state index is -0.576. The second-order valence-corrected chi connectivity index (χ2v) is 9.62. The molecule has 0 aliphatic heterocycles. The van der Waals surface area contributed by atoms with Gasteiger partial charge in [-0.3, -0.25) is 9.59 Å². The second kappa shape index (κ2) is 5.30. The average molecular weight is 333 g/mol. The minimum absolute atomic E-state index is 0.0609. The van der Waals surface area contributed by atoms with Gasteiger partial charge in [-0.05, 0) is 79.4 Å². The Bertz CT molecular complexity index is 575. The number of nitrogens with two attached hydrogens (primary N) is 1. The number of fused-ring (bicyclic) bond motifs is 5. The van der Waals surface area contributed by atoms with Gasteiger partial charge in [-0.25, -0.2) is 0 Å². The first-order valence-electron chi connectivity index (χ1n) is 9.77. The lowest BCUT2D eigenvalue weighted by Gasteiger charge is -2.60.